The molecule has 23 heavy (non-hydrogen) atoms. The van der Waals surface area contributed by atoms with Crippen molar-refractivity contribution in [3.8, 4) is 0 Å². The largest absolute Gasteiger partial charge is 0.366 e. The second kappa shape index (κ2) is 5.77. The first-order valence-electron chi connectivity index (χ1n) is 8.06. The van der Waals surface area contributed by atoms with E-state index in [-0.39, 0.29) is 17.9 Å². The maximum Gasteiger partial charge on any atom is 0.226 e. The summed E-state index contributed by atoms with van der Waals surface area (Å²) in [7, 11) is 0. The summed E-state index contributed by atoms with van der Waals surface area (Å²) in [5.41, 5.74) is 1.26. The van der Waals surface area contributed by atoms with Crippen LogP contribution in [0.4, 0.5) is 0 Å². The maximum atomic E-state index is 12.7. The molecular weight excluding hydrogens is 292 g/mol. The molecule has 1 aromatic carbocycles. The predicted octanol–water partition coefficient (Wildman–Crippen LogP) is 1.82. The monoisotopic (exact) mass is 312 g/mol. The third-order valence-corrected chi connectivity index (χ3v) is 4.62. The Morgan fingerprint density at radius 1 is 1.35 bits per heavy atom. The van der Waals surface area contributed by atoms with Gasteiger partial charge >= 0.3 is 0 Å². The molecule has 4 rings (SSSR count). The minimum atomic E-state index is -0.230. The second-order valence-electron chi connectivity index (χ2n) is 6.28. The summed E-state index contributed by atoms with van der Waals surface area (Å²) in [4.78, 5) is 19.0. The molecule has 2 aromatic rings. The third kappa shape index (κ3) is 2.86. The van der Waals surface area contributed by atoms with E-state index in [9.17, 15) is 4.79 Å². The first-order chi connectivity index (χ1) is 11.2. The molecule has 1 aliphatic heterocycles. The molecule has 2 fully saturated rings. The van der Waals surface area contributed by atoms with Crippen molar-refractivity contribution in [2.45, 2.75) is 25.4 Å². The number of benzene rings is 1. The minimum absolute atomic E-state index is 0.116. The highest BCUT2D eigenvalue weighted by Crippen LogP contribution is 2.48. The molecule has 120 valence electrons. The van der Waals surface area contributed by atoms with Crippen molar-refractivity contribution in [3.05, 3.63) is 47.5 Å². The number of carbonyl (C=O) groups excluding carboxylic acids is 1. The first kappa shape index (κ1) is 14.4. The number of aryl methyl sites for hydroxylation is 1. The van der Waals surface area contributed by atoms with Crippen LogP contribution in [0.2, 0.25) is 0 Å². The number of ether oxygens (including phenoxy) is 1. The first-order valence-corrected chi connectivity index (χ1v) is 8.06. The summed E-state index contributed by atoms with van der Waals surface area (Å²) in [5, 5.41) is 6.99. The van der Waals surface area contributed by atoms with Gasteiger partial charge in [0.2, 0.25) is 5.91 Å². The zero-order valence-corrected chi connectivity index (χ0v) is 13.1. The summed E-state index contributed by atoms with van der Waals surface area (Å²) in [6.45, 7) is 3.58. The van der Waals surface area contributed by atoms with Crippen LogP contribution in [-0.2, 0) is 9.53 Å². The molecule has 3 atom stereocenters. The predicted molar refractivity (Wildman–Crippen MR) is 83.7 cm³/mol. The van der Waals surface area contributed by atoms with E-state index in [2.05, 4.69) is 27.3 Å². The maximum absolute atomic E-state index is 12.7. The number of nitrogens with one attached hydrogen (secondary N) is 1. The SMILES string of the molecule is Cc1nc([C@@H]2CN(C(=O)[C@@H]3C[C@H]3c3ccccc3)CCO2)n[nH]1. The third-order valence-electron chi connectivity index (χ3n) is 4.62. The van der Waals surface area contributed by atoms with Gasteiger partial charge in [-0.25, -0.2) is 4.98 Å². The van der Waals surface area contributed by atoms with Crippen LogP contribution in [0.3, 0.4) is 0 Å². The van der Waals surface area contributed by atoms with Gasteiger partial charge in [0.1, 0.15) is 11.9 Å². The van der Waals surface area contributed by atoms with Crippen molar-refractivity contribution >= 4 is 5.91 Å². The fraction of sp³-hybridized carbons (Fsp3) is 0.471. The molecule has 1 amide bonds. The topological polar surface area (TPSA) is 71.1 Å². The highest BCUT2D eigenvalue weighted by molar-refractivity contribution is 5.83. The Balaban J connectivity index is 1.41. The van der Waals surface area contributed by atoms with Crippen LogP contribution < -0.4 is 0 Å². The lowest BCUT2D eigenvalue weighted by atomic mass is 10.1. The lowest BCUT2D eigenvalue weighted by Gasteiger charge is -2.31. The molecule has 2 heterocycles. The average Bonchev–Trinajstić information content (AvgIpc) is 3.29. The van der Waals surface area contributed by atoms with Gasteiger partial charge in [-0.15, -0.1) is 0 Å². The van der Waals surface area contributed by atoms with Gasteiger partial charge in [0.25, 0.3) is 0 Å². The quantitative estimate of drug-likeness (QED) is 0.938. The lowest BCUT2D eigenvalue weighted by molar-refractivity contribution is -0.140. The van der Waals surface area contributed by atoms with Crippen molar-refractivity contribution in [2.75, 3.05) is 19.7 Å². The van der Waals surface area contributed by atoms with E-state index in [4.69, 9.17) is 4.74 Å². The van der Waals surface area contributed by atoms with E-state index >= 15 is 0 Å². The van der Waals surface area contributed by atoms with Crippen LogP contribution in [0.15, 0.2) is 30.3 Å². The molecule has 1 saturated heterocycles. The molecule has 0 radical (unpaired) electrons. The summed E-state index contributed by atoms with van der Waals surface area (Å²) in [6, 6.07) is 10.3. The van der Waals surface area contributed by atoms with Gasteiger partial charge in [-0.2, -0.15) is 5.10 Å². The number of hydrogen-bond donors (Lipinski definition) is 1. The van der Waals surface area contributed by atoms with E-state index < -0.39 is 0 Å². The smallest absolute Gasteiger partial charge is 0.226 e. The molecule has 1 aromatic heterocycles. The number of H-pyrrole nitrogens is 1. The van der Waals surface area contributed by atoms with Crippen LogP contribution in [0.5, 0.6) is 0 Å². The van der Waals surface area contributed by atoms with E-state index in [1.807, 2.05) is 30.0 Å². The Hall–Kier alpha value is -2.21. The van der Waals surface area contributed by atoms with Crippen LogP contribution in [-0.4, -0.2) is 45.7 Å². The van der Waals surface area contributed by atoms with Crippen molar-refractivity contribution in [2.24, 2.45) is 5.92 Å². The number of morpholine rings is 1. The number of amides is 1. The Bertz CT molecular complexity index is 700. The number of nitrogens with zero attached hydrogens (tertiary/aromatic N) is 3. The highest BCUT2D eigenvalue weighted by atomic mass is 16.5. The molecule has 1 saturated carbocycles. The molecule has 0 spiro atoms. The van der Waals surface area contributed by atoms with Crippen molar-refractivity contribution < 1.29 is 9.53 Å². The highest BCUT2D eigenvalue weighted by Gasteiger charge is 2.46. The number of rotatable bonds is 3. The van der Waals surface area contributed by atoms with E-state index in [1.54, 1.807) is 0 Å². The second-order valence-corrected chi connectivity index (χ2v) is 6.28. The van der Waals surface area contributed by atoms with Gasteiger partial charge in [0, 0.05) is 12.5 Å². The fourth-order valence-electron chi connectivity index (χ4n) is 3.28. The van der Waals surface area contributed by atoms with Gasteiger partial charge in [0.15, 0.2) is 5.82 Å². The summed E-state index contributed by atoms with van der Waals surface area (Å²) in [6.07, 6.45) is 0.719. The Labute approximate surface area is 134 Å². The number of carbonyl (C=O) groups is 1. The molecular formula is C17H20N4O2. The van der Waals surface area contributed by atoms with E-state index in [0.717, 1.165) is 12.2 Å². The van der Waals surface area contributed by atoms with Crippen molar-refractivity contribution in [1.29, 1.82) is 0 Å². The molecule has 6 nitrogen and oxygen atoms in total. The molecule has 1 N–H and O–H groups in total. The molecule has 2 aliphatic rings. The fourth-order valence-corrected chi connectivity index (χ4v) is 3.28. The number of hydrogen-bond acceptors (Lipinski definition) is 4. The summed E-state index contributed by atoms with van der Waals surface area (Å²) >= 11 is 0. The van der Waals surface area contributed by atoms with Gasteiger partial charge in [-0.1, -0.05) is 30.3 Å². The summed E-state index contributed by atoms with van der Waals surface area (Å²) < 4.78 is 5.73. The molecule has 1 aliphatic carbocycles. The average molecular weight is 312 g/mol. The van der Waals surface area contributed by atoms with Crippen LogP contribution in [0, 0.1) is 12.8 Å². The van der Waals surface area contributed by atoms with Gasteiger partial charge in [-0.05, 0) is 24.8 Å². The molecule has 0 unspecified atom stereocenters. The Kier molecular flexibility index (Phi) is 3.61. The van der Waals surface area contributed by atoms with E-state index in [1.165, 1.54) is 5.56 Å². The zero-order valence-electron chi connectivity index (χ0n) is 13.1. The minimum Gasteiger partial charge on any atom is -0.366 e. The van der Waals surface area contributed by atoms with Gasteiger partial charge in [0.05, 0.1) is 13.2 Å². The lowest BCUT2D eigenvalue weighted by Crippen LogP contribution is -2.43. The normalized spacial score (nSPS) is 27.0. The standard InChI is InChI=1S/C17H20N4O2/c1-11-18-16(20-19-11)15-10-21(7-8-23-15)17(22)14-9-13(14)12-5-3-2-4-6-12/h2-6,13-15H,7-10H2,1H3,(H,18,19,20)/t13-,14+,15-/m0/s1. The Morgan fingerprint density at radius 2 is 2.17 bits per heavy atom. The van der Waals surface area contributed by atoms with Gasteiger partial charge in [-0.3, -0.25) is 9.89 Å². The van der Waals surface area contributed by atoms with Gasteiger partial charge < -0.3 is 9.64 Å². The van der Waals surface area contributed by atoms with Crippen LogP contribution in [0.25, 0.3) is 0 Å². The molecule has 0 bridgehead atoms. The number of aromatic amines is 1. The van der Waals surface area contributed by atoms with Crippen molar-refractivity contribution in [1.82, 2.24) is 20.1 Å². The Morgan fingerprint density at radius 3 is 2.91 bits per heavy atom. The van der Waals surface area contributed by atoms with E-state index in [0.29, 0.717) is 31.4 Å². The number of aromatic nitrogens is 3. The molecule has 6 heteroatoms. The summed E-state index contributed by atoms with van der Waals surface area (Å²) in [5.74, 6) is 2.12. The van der Waals surface area contributed by atoms with Crippen LogP contribution in [0.1, 0.15) is 35.7 Å². The van der Waals surface area contributed by atoms with Crippen molar-refractivity contribution in [3.63, 3.8) is 0 Å². The van der Waals surface area contributed by atoms with Crippen LogP contribution >= 0.6 is 0 Å². The zero-order chi connectivity index (χ0) is 15.8.